The monoisotopic (exact) mass is 598 g/mol. The molecule has 4 N–H and O–H groups in total. The van der Waals surface area contributed by atoms with Crippen LogP contribution < -0.4 is 40.2 Å². The van der Waals surface area contributed by atoms with Crippen LogP contribution in [0.5, 0.6) is 23.5 Å². The zero-order chi connectivity index (χ0) is 31.2. The van der Waals surface area contributed by atoms with E-state index in [9.17, 15) is 9.59 Å². The fraction of sp³-hybridized carbons (Fsp3) is 0.483. The molecule has 0 aliphatic carbocycles. The fourth-order valence-electron chi connectivity index (χ4n) is 4.13. The minimum absolute atomic E-state index is 0.0596. The maximum atomic E-state index is 11.0. The van der Waals surface area contributed by atoms with Gasteiger partial charge in [-0.25, -0.2) is 4.98 Å². The molecule has 0 atom stereocenters. The first-order valence-electron chi connectivity index (χ1n) is 14.0. The molecule has 14 heteroatoms. The van der Waals surface area contributed by atoms with Crippen molar-refractivity contribution in [3.8, 4) is 23.5 Å². The van der Waals surface area contributed by atoms with E-state index in [1.165, 1.54) is 13.8 Å². The van der Waals surface area contributed by atoms with Gasteiger partial charge in [-0.05, 0) is 19.1 Å². The van der Waals surface area contributed by atoms with Crippen molar-refractivity contribution in [2.75, 3.05) is 40.4 Å². The molecule has 2 amide bonds. The van der Waals surface area contributed by atoms with E-state index < -0.39 is 0 Å². The molecule has 3 rings (SSSR count). The first-order valence-corrected chi connectivity index (χ1v) is 14.0. The maximum absolute atomic E-state index is 11.0. The number of nitrogens with one attached hydrogen (secondary N) is 4. The maximum Gasteiger partial charge on any atom is 0.220 e. The van der Waals surface area contributed by atoms with Crippen molar-refractivity contribution in [1.82, 2.24) is 40.8 Å². The SMILES string of the molecule is COc1nc(OCc2nc(C)c(COc3ccc(CNCCNC(C)=O)c(OC)n3)n2C)ccc1CNCCNC(C)=O. The topological polar surface area (TPSA) is 163 Å². The molecular weight excluding hydrogens is 556 g/mol. The lowest BCUT2D eigenvalue weighted by molar-refractivity contribution is -0.119. The molecule has 0 aliphatic heterocycles. The summed E-state index contributed by atoms with van der Waals surface area (Å²) in [5.74, 6) is 2.37. The number of ether oxygens (including phenoxy) is 4. The van der Waals surface area contributed by atoms with Gasteiger partial charge >= 0.3 is 0 Å². The number of carbonyl (C=O) groups excluding carboxylic acids is 2. The second-order valence-electron chi connectivity index (χ2n) is 9.65. The molecule has 0 fully saturated rings. The molecule has 0 aromatic carbocycles. The molecule has 3 aromatic heterocycles. The zero-order valence-corrected chi connectivity index (χ0v) is 25.7. The molecule has 0 unspecified atom stereocenters. The summed E-state index contributed by atoms with van der Waals surface area (Å²) in [6, 6.07) is 7.37. The van der Waals surface area contributed by atoms with E-state index in [0.29, 0.717) is 68.6 Å². The second kappa shape index (κ2) is 16.9. The molecule has 0 aliphatic rings. The molecule has 0 spiro atoms. The van der Waals surface area contributed by atoms with Crippen molar-refractivity contribution in [3.05, 3.63) is 52.6 Å². The van der Waals surface area contributed by atoms with Gasteiger partial charge < -0.3 is 44.8 Å². The van der Waals surface area contributed by atoms with Crippen molar-refractivity contribution in [3.63, 3.8) is 0 Å². The Morgan fingerprint density at radius 2 is 1.23 bits per heavy atom. The predicted octanol–water partition coefficient (Wildman–Crippen LogP) is 1.15. The lowest BCUT2D eigenvalue weighted by Crippen LogP contribution is -2.30. The largest absolute Gasteiger partial charge is 0.481 e. The number of rotatable bonds is 18. The third kappa shape index (κ3) is 10.4. The number of aromatic nitrogens is 4. The number of amides is 2. The van der Waals surface area contributed by atoms with Crippen LogP contribution in [0.1, 0.15) is 42.2 Å². The second-order valence-corrected chi connectivity index (χ2v) is 9.65. The Hall–Kier alpha value is -4.43. The Morgan fingerprint density at radius 1 is 0.744 bits per heavy atom. The lowest BCUT2D eigenvalue weighted by atomic mass is 10.2. The molecule has 43 heavy (non-hydrogen) atoms. The van der Waals surface area contributed by atoms with Gasteiger partial charge in [0.25, 0.3) is 0 Å². The van der Waals surface area contributed by atoms with Gasteiger partial charge in [0.2, 0.25) is 35.3 Å². The normalized spacial score (nSPS) is 10.7. The fourth-order valence-corrected chi connectivity index (χ4v) is 4.13. The molecule has 0 saturated carbocycles. The van der Waals surface area contributed by atoms with Crippen molar-refractivity contribution in [1.29, 1.82) is 0 Å². The van der Waals surface area contributed by atoms with Crippen molar-refractivity contribution >= 4 is 11.8 Å². The molecule has 234 valence electrons. The highest BCUT2D eigenvalue weighted by Crippen LogP contribution is 2.23. The third-order valence-corrected chi connectivity index (χ3v) is 6.41. The Labute approximate surface area is 251 Å². The summed E-state index contributed by atoms with van der Waals surface area (Å²) in [6.45, 7) is 8.78. The number of carbonyl (C=O) groups is 2. The number of methoxy groups -OCH3 is 2. The lowest BCUT2D eigenvalue weighted by Gasteiger charge is -2.13. The predicted molar refractivity (Wildman–Crippen MR) is 159 cm³/mol. The highest BCUT2D eigenvalue weighted by Gasteiger charge is 2.15. The summed E-state index contributed by atoms with van der Waals surface area (Å²) in [4.78, 5) is 35.6. The number of pyridine rings is 2. The van der Waals surface area contributed by atoms with Gasteiger partial charge in [0.15, 0.2) is 0 Å². The van der Waals surface area contributed by atoms with Gasteiger partial charge in [-0.2, -0.15) is 9.97 Å². The van der Waals surface area contributed by atoms with E-state index in [4.69, 9.17) is 18.9 Å². The highest BCUT2D eigenvalue weighted by molar-refractivity contribution is 5.73. The van der Waals surface area contributed by atoms with E-state index in [2.05, 4.69) is 36.2 Å². The Balaban J connectivity index is 1.54. The molecule has 3 aromatic rings. The van der Waals surface area contributed by atoms with Crippen LogP contribution in [-0.4, -0.2) is 71.7 Å². The molecule has 3 heterocycles. The molecule has 0 saturated heterocycles. The van der Waals surface area contributed by atoms with Gasteiger partial charge in [-0.1, -0.05) is 0 Å². The summed E-state index contributed by atoms with van der Waals surface area (Å²) in [6.07, 6.45) is 0. The summed E-state index contributed by atoms with van der Waals surface area (Å²) >= 11 is 0. The summed E-state index contributed by atoms with van der Waals surface area (Å²) in [7, 11) is 5.04. The van der Waals surface area contributed by atoms with Crippen molar-refractivity contribution in [2.24, 2.45) is 7.05 Å². The number of hydrogen-bond donors (Lipinski definition) is 4. The quantitative estimate of drug-likeness (QED) is 0.155. The number of imidazole rings is 1. The zero-order valence-electron chi connectivity index (χ0n) is 25.7. The summed E-state index contributed by atoms with van der Waals surface area (Å²) in [5.41, 5.74) is 3.46. The molecular formula is C29H42N8O6. The Kier molecular flexibility index (Phi) is 13.0. The van der Waals surface area contributed by atoms with Crippen LogP contribution >= 0.6 is 0 Å². The van der Waals surface area contributed by atoms with Gasteiger partial charge in [0.1, 0.15) is 19.0 Å². The van der Waals surface area contributed by atoms with Crippen LogP contribution in [0, 0.1) is 6.92 Å². The van der Waals surface area contributed by atoms with E-state index in [-0.39, 0.29) is 25.0 Å². The van der Waals surface area contributed by atoms with Crippen LogP contribution in [0.15, 0.2) is 24.3 Å². The van der Waals surface area contributed by atoms with E-state index in [1.54, 1.807) is 26.4 Å². The Bertz CT molecular complexity index is 1360. The number of nitrogens with zero attached hydrogens (tertiary/aromatic N) is 4. The Morgan fingerprint density at radius 3 is 1.70 bits per heavy atom. The van der Waals surface area contributed by atoms with Gasteiger partial charge in [0, 0.05) is 83.4 Å². The van der Waals surface area contributed by atoms with Gasteiger partial charge in [0.05, 0.1) is 25.6 Å². The van der Waals surface area contributed by atoms with Crippen LogP contribution in [0.4, 0.5) is 0 Å². The molecule has 14 nitrogen and oxygen atoms in total. The third-order valence-electron chi connectivity index (χ3n) is 6.41. The van der Waals surface area contributed by atoms with E-state index in [0.717, 1.165) is 22.5 Å². The average molecular weight is 599 g/mol. The highest BCUT2D eigenvalue weighted by atomic mass is 16.5. The van der Waals surface area contributed by atoms with Crippen LogP contribution in [0.3, 0.4) is 0 Å². The summed E-state index contributed by atoms with van der Waals surface area (Å²) < 4.78 is 24.8. The van der Waals surface area contributed by atoms with Gasteiger partial charge in [-0.3, -0.25) is 9.59 Å². The summed E-state index contributed by atoms with van der Waals surface area (Å²) in [5, 5.41) is 12.0. The minimum Gasteiger partial charge on any atom is -0.481 e. The van der Waals surface area contributed by atoms with Crippen LogP contribution in [0.2, 0.25) is 0 Å². The smallest absolute Gasteiger partial charge is 0.220 e. The van der Waals surface area contributed by atoms with E-state index in [1.807, 2.05) is 30.7 Å². The molecule has 0 radical (unpaired) electrons. The number of aryl methyl sites for hydroxylation is 1. The van der Waals surface area contributed by atoms with Crippen molar-refractivity contribution < 1.29 is 28.5 Å². The molecule has 0 bridgehead atoms. The first kappa shape index (κ1) is 33.1. The van der Waals surface area contributed by atoms with Crippen LogP contribution in [-0.2, 0) is 42.9 Å². The minimum atomic E-state index is -0.0603. The van der Waals surface area contributed by atoms with Gasteiger partial charge in [-0.15, -0.1) is 0 Å². The van der Waals surface area contributed by atoms with Crippen LogP contribution in [0.25, 0.3) is 0 Å². The van der Waals surface area contributed by atoms with E-state index >= 15 is 0 Å². The standard InChI is InChI=1S/C29H42N8O6/c1-19-24(17-42-26-9-7-22(28(35-26)40-5)15-30-11-13-32-20(2)38)37(4)25(34-19)18-43-27-10-8-23(29(36-27)41-6)16-31-12-14-33-21(3)39/h7-10,30-31H,11-18H2,1-6H3,(H,32,38)(H,33,39). The number of hydrogen-bond acceptors (Lipinski definition) is 11. The first-order chi connectivity index (χ1) is 20.7. The average Bonchev–Trinajstić information content (AvgIpc) is 3.26. The van der Waals surface area contributed by atoms with Crippen molar-refractivity contribution in [2.45, 2.75) is 47.1 Å².